The van der Waals surface area contributed by atoms with E-state index < -0.39 is 5.82 Å². The van der Waals surface area contributed by atoms with Crippen LogP contribution < -0.4 is 10.1 Å². The van der Waals surface area contributed by atoms with Gasteiger partial charge in [0.1, 0.15) is 15.7 Å². The van der Waals surface area contributed by atoms with Crippen LogP contribution in [0.2, 0.25) is 0 Å². The van der Waals surface area contributed by atoms with Crippen molar-refractivity contribution in [1.29, 1.82) is 0 Å². The lowest BCUT2D eigenvalue weighted by atomic mass is 10.1. The van der Waals surface area contributed by atoms with E-state index in [1.165, 1.54) is 24.9 Å². The Morgan fingerprint density at radius 1 is 1.35 bits per heavy atom. The highest BCUT2D eigenvalue weighted by atomic mass is 32.2. The molecule has 2 aromatic heterocycles. The number of fused-ring (bicyclic) bond motifs is 1. The molecule has 1 saturated heterocycles. The average molecular weight is 386 g/mol. The lowest BCUT2D eigenvalue weighted by Crippen LogP contribution is -2.17. The van der Waals surface area contributed by atoms with E-state index in [0.29, 0.717) is 31.7 Å². The van der Waals surface area contributed by atoms with Gasteiger partial charge in [-0.15, -0.1) is 0 Å². The van der Waals surface area contributed by atoms with Gasteiger partial charge in [-0.25, -0.2) is 4.39 Å². The van der Waals surface area contributed by atoms with Crippen molar-refractivity contribution in [3.05, 3.63) is 53.1 Å². The van der Waals surface area contributed by atoms with Crippen LogP contribution in [-0.2, 0) is 4.79 Å². The van der Waals surface area contributed by atoms with Crippen LogP contribution in [0.15, 0.2) is 46.0 Å². The topological polar surface area (TPSA) is 64.4 Å². The van der Waals surface area contributed by atoms with E-state index in [1.807, 2.05) is 0 Å². The molecule has 1 aromatic carbocycles. The van der Waals surface area contributed by atoms with E-state index in [-0.39, 0.29) is 11.7 Å². The van der Waals surface area contributed by atoms with Gasteiger partial charge in [0, 0.05) is 29.4 Å². The molecule has 0 spiro atoms. The number of furan rings is 1. The van der Waals surface area contributed by atoms with Gasteiger partial charge in [-0.2, -0.15) is 0 Å². The second-order valence-corrected chi connectivity index (χ2v) is 7.17. The van der Waals surface area contributed by atoms with E-state index in [9.17, 15) is 9.18 Å². The maximum atomic E-state index is 14.0. The smallest absolute Gasteiger partial charge is 0.263 e. The van der Waals surface area contributed by atoms with E-state index in [1.54, 1.807) is 36.7 Å². The fraction of sp³-hybridized carbons (Fsp3) is 0.0556. The van der Waals surface area contributed by atoms with Crippen LogP contribution >= 0.6 is 24.0 Å². The van der Waals surface area contributed by atoms with Crippen LogP contribution in [0.4, 0.5) is 4.39 Å². The van der Waals surface area contributed by atoms with Crippen molar-refractivity contribution < 1.29 is 18.3 Å². The van der Waals surface area contributed by atoms with Crippen molar-refractivity contribution in [1.82, 2.24) is 10.3 Å². The van der Waals surface area contributed by atoms with E-state index >= 15 is 0 Å². The highest BCUT2D eigenvalue weighted by Crippen LogP contribution is 2.34. The monoisotopic (exact) mass is 386 g/mol. The standard InChI is InChI=1S/C18H11FN2O3S2/c1-23-14-3-2-9(5-13(14)19)12-8-20-7-10-4-11(24-16(10)12)6-15-17(22)21-18(25)26-15/h2-8H,1H3,(H,21,22,25)/b15-6+. The molecule has 4 rings (SSSR count). The molecular formula is C18H11FN2O3S2. The normalized spacial score (nSPS) is 15.7. The van der Waals surface area contributed by atoms with Crippen LogP contribution in [0, 0.1) is 5.82 Å². The zero-order valence-electron chi connectivity index (χ0n) is 13.4. The molecule has 0 saturated carbocycles. The minimum atomic E-state index is -0.469. The van der Waals surface area contributed by atoms with Gasteiger partial charge in [0.15, 0.2) is 11.6 Å². The Hall–Kier alpha value is -2.71. The molecule has 0 atom stereocenters. The zero-order chi connectivity index (χ0) is 18.3. The molecule has 1 aliphatic heterocycles. The second-order valence-electron chi connectivity index (χ2n) is 5.46. The molecule has 130 valence electrons. The number of rotatable bonds is 3. The zero-order valence-corrected chi connectivity index (χ0v) is 15.0. The Morgan fingerprint density at radius 2 is 2.19 bits per heavy atom. The molecule has 1 fully saturated rings. The first-order valence-electron chi connectivity index (χ1n) is 7.51. The van der Waals surface area contributed by atoms with Gasteiger partial charge in [-0.1, -0.05) is 30.0 Å². The third kappa shape index (κ3) is 2.97. The molecule has 0 aliphatic carbocycles. The molecule has 5 nitrogen and oxygen atoms in total. The SMILES string of the molecule is COc1ccc(-c2cncc3cc(/C=C4/SC(=S)NC4=O)oc23)cc1F. The molecule has 0 bridgehead atoms. The number of hydrogen-bond donors (Lipinski definition) is 1. The Balaban J connectivity index is 1.79. The van der Waals surface area contributed by atoms with E-state index in [0.717, 1.165) is 5.39 Å². The van der Waals surface area contributed by atoms with Crippen molar-refractivity contribution in [3.8, 4) is 16.9 Å². The number of hydrogen-bond acceptors (Lipinski definition) is 6. The molecule has 0 unspecified atom stereocenters. The molecule has 0 radical (unpaired) electrons. The predicted molar refractivity (Wildman–Crippen MR) is 102 cm³/mol. The number of benzene rings is 1. The number of nitrogens with one attached hydrogen (secondary N) is 1. The van der Waals surface area contributed by atoms with Crippen molar-refractivity contribution in [2.45, 2.75) is 0 Å². The molecule has 1 N–H and O–H groups in total. The quantitative estimate of drug-likeness (QED) is 0.539. The first-order chi connectivity index (χ1) is 12.5. The van der Waals surface area contributed by atoms with Gasteiger partial charge in [0.25, 0.3) is 5.91 Å². The Kier molecular flexibility index (Phi) is 4.21. The molecule has 26 heavy (non-hydrogen) atoms. The maximum Gasteiger partial charge on any atom is 0.263 e. The predicted octanol–water partition coefficient (Wildman–Crippen LogP) is 4.13. The van der Waals surface area contributed by atoms with Gasteiger partial charge in [-0.05, 0) is 23.8 Å². The summed E-state index contributed by atoms with van der Waals surface area (Å²) in [6.07, 6.45) is 4.88. The number of thioether (sulfide) groups is 1. The minimum Gasteiger partial charge on any atom is -0.494 e. The number of aromatic nitrogens is 1. The fourth-order valence-electron chi connectivity index (χ4n) is 2.64. The van der Waals surface area contributed by atoms with Crippen LogP contribution in [0.25, 0.3) is 28.2 Å². The first kappa shape index (κ1) is 16.7. The lowest BCUT2D eigenvalue weighted by Gasteiger charge is -2.05. The summed E-state index contributed by atoms with van der Waals surface area (Å²) >= 11 is 6.15. The van der Waals surface area contributed by atoms with Crippen molar-refractivity contribution >= 4 is 51.3 Å². The molecule has 3 heterocycles. The number of ether oxygens (including phenoxy) is 1. The number of amides is 1. The van der Waals surface area contributed by atoms with Crippen molar-refractivity contribution in [2.24, 2.45) is 0 Å². The van der Waals surface area contributed by atoms with E-state index in [2.05, 4.69) is 10.3 Å². The Bertz CT molecular complexity index is 1090. The number of halogens is 1. The number of nitrogens with zero attached hydrogens (tertiary/aromatic N) is 1. The summed E-state index contributed by atoms with van der Waals surface area (Å²) < 4.78 is 25.3. The van der Waals surface area contributed by atoms with Crippen LogP contribution in [0.1, 0.15) is 5.76 Å². The number of carbonyl (C=O) groups is 1. The summed E-state index contributed by atoms with van der Waals surface area (Å²) in [5.74, 6) is -0.0657. The summed E-state index contributed by atoms with van der Waals surface area (Å²) in [5.41, 5.74) is 1.82. The third-order valence-electron chi connectivity index (χ3n) is 3.82. The summed E-state index contributed by atoms with van der Waals surface area (Å²) in [7, 11) is 1.41. The summed E-state index contributed by atoms with van der Waals surface area (Å²) in [6, 6.07) is 6.43. The van der Waals surface area contributed by atoms with Crippen molar-refractivity contribution in [2.75, 3.05) is 7.11 Å². The van der Waals surface area contributed by atoms with Gasteiger partial charge < -0.3 is 14.5 Å². The van der Waals surface area contributed by atoms with Crippen LogP contribution in [0.5, 0.6) is 5.75 Å². The summed E-state index contributed by atoms with van der Waals surface area (Å²) in [5, 5.41) is 3.30. The van der Waals surface area contributed by atoms with Gasteiger partial charge >= 0.3 is 0 Å². The van der Waals surface area contributed by atoms with E-state index in [4.69, 9.17) is 21.4 Å². The summed E-state index contributed by atoms with van der Waals surface area (Å²) in [6.45, 7) is 0. The number of carbonyl (C=O) groups excluding carboxylic acids is 1. The molecule has 8 heteroatoms. The molecule has 1 aliphatic rings. The third-order valence-corrected chi connectivity index (χ3v) is 4.98. The first-order valence-corrected chi connectivity index (χ1v) is 8.74. The maximum absolute atomic E-state index is 14.0. The fourth-order valence-corrected chi connectivity index (χ4v) is 3.67. The average Bonchev–Trinajstić information content (AvgIpc) is 3.16. The van der Waals surface area contributed by atoms with Crippen LogP contribution in [0.3, 0.4) is 0 Å². The highest BCUT2D eigenvalue weighted by molar-refractivity contribution is 8.26. The highest BCUT2D eigenvalue weighted by Gasteiger charge is 2.23. The largest absolute Gasteiger partial charge is 0.494 e. The molecular weight excluding hydrogens is 375 g/mol. The van der Waals surface area contributed by atoms with Crippen LogP contribution in [-0.4, -0.2) is 22.3 Å². The number of thiocarbonyl (C=S) groups is 1. The number of pyridine rings is 1. The minimum absolute atomic E-state index is 0.166. The lowest BCUT2D eigenvalue weighted by molar-refractivity contribution is -0.115. The summed E-state index contributed by atoms with van der Waals surface area (Å²) in [4.78, 5) is 16.4. The Labute approximate surface area is 157 Å². The Morgan fingerprint density at radius 3 is 2.88 bits per heavy atom. The van der Waals surface area contributed by atoms with Gasteiger partial charge in [0.2, 0.25) is 0 Å². The molecule has 1 amide bonds. The van der Waals surface area contributed by atoms with Gasteiger partial charge in [0.05, 0.1) is 12.0 Å². The van der Waals surface area contributed by atoms with Crippen molar-refractivity contribution in [3.63, 3.8) is 0 Å². The number of methoxy groups -OCH3 is 1. The van der Waals surface area contributed by atoms with Gasteiger partial charge in [-0.3, -0.25) is 9.78 Å². The molecule has 3 aromatic rings. The second kappa shape index (κ2) is 6.54.